The van der Waals surface area contributed by atoms with Gasteiger partial charge in [0.25, 0.3) is 6.43 Å². The van der Waals surface area contributed by atoms with Gasteiger partial charge >= 0.3 is 0 Å². The summed E-state index contributed by atoms with van der Waals surface area (Å²) in [6.07, 6.45) is -0.000429. The van der Waals surface area contributed by atoms with Gasteiger partial charge in [-0.3, -0.25) is 4.90 Å². The Kier molecular flexibility index (Phi) is 5.28. The number of likely N-dealkylation sites (N-methyl/N-ethyl adjacent to an activating group) is 1. The van der Waals surface area contributed by atoms with Crippen LogP contribution in [0.1, 0.15) is 37.3 Å². The van der Waals surface area contributed by atoms with Crippen molar-refractivity contribution in [3.05, 3.63) is 35.4 Å². The molecule has 0 amide bonds. The van der Waals surface area contributed by atoms with E-state index in [0.29, 0.717) is 6.04 Å². The van der Waals surface area contributed by atoms with E-state index in [-0.39, 0.29) is 5.56 Å². The Bertz CT molecular complexity index is 389. The molecular weight excluding hydrogens is 246 g/mol. The van der Waals surface area contributed by atoms with Crippen LogP contribution in [-0.4, -0.2) is 30.6 Å². The minimum absolute atomic E-state index is 0.121. The first kappa shape index (κ1) is 14.4. The van der Waals surface area contributed by atoms with Crippen molar-refractivity contribution in [3.8, 4) is 0 Å². The van der Waals surface area contributed by atoms with Gasteiger partial charge in [-0.05, 0) is 37.6 Å². The molecule has 106 valence electrons. The summed E-state index contributed by atoms with van der Waals surface area (Å²) in [6.45, 7) is 5.93. The predicted molar refractivity (Wildman–Crippen MR) is 73.4 cm³/mol. The Balaban J connectivity index is 2.02. The van der Waals surface area contributed by atoms with Crippen molar-refractivity contribution in [2.75, 3.05) is 19.6 Å². The van der Waals surface area contributed by atoms with E-state index in [2.05, 4.69) is 17.1 Å². The van der Waals surface area contributed by atoms with Crippen molar-refractivity contribution >= 4 is 0 Å². The van der Waals surface area contributed by atoms with Crippen LogP contribution in [0.5, 0.6) is 0 Å². The van der Waals surface area contributed by atoms with E-state index >= 15 is 0 Å². The molecule has 2 nitrogen and oxygen atoms in total. The SMILES string of the molecule is CCN(Cc1cccc(C(F)F)c1)C1CCCNC1. The Morgan fingerprint density at radius 1 is 1.42 bits per heavy atom. The van der Waals surface area contributed by atoms with Crippen molar-refractivity contribution in [1.29, 1.82) is 0 Å². The topological polar surface area (TPSA) is 15.3 Å². The van der Waals surface area contributed by atoms with Crippen molar-refractivity contribution in [2.45, 2.75) is 38.8 Å². The summed E-state index contributed by atoms with van der Waals surface area (Å²) < 4.78 is 25.4. The van der Waals surface area contributed by atoms with Crippen LogP contribution in [0.4, 0.5) is 8.78 Å². The number of hydrogen-bond acceptors (Lipinski definition) is 2. The van der Waals surface area contributed by atoms with E-state index in [1.807, 2.05) is 6.07 Å². The zero-order valence-corrected chi connectivity index (χ0v) is 11.4. The van der Waals surface area contributed by atoms with Crippen LogP contribution in [-0.2, 0) is 6.54 Å². The lowest BCUT2D eigenvalue weighted by Crippen LogP contribution is -2.45. The van der Waals surface area contributed by atoms with Crippen LogP contribution in [0.3, 0.4) is 0 Å². The lowest BCUT2D eigenvalue weighted by Gasteiger charge is -2.34. The van der Waals surface area contributed by atoms with Crippen LogP contribution in [0, 0.1) is 0 Å². The normalized spacial score (nSPS) is 20.2. The van der Waals surface area contributed by atoms with E-state index in [4.69, 9.17) is 0 Å². The van der Waals surface area contributed by atoms with E-state index in [0.717, 1.165) is 31.7 Å². The molecular formula is C15H22F2N2. The first-order chi connectivity index (χ1) is 9.20. The highest BCUT2D eigenvalue weighted by atomic mass is 19.3. The predicted octanol–water partition coefficient (Wildman–Crippen LogP) is 3.20. The van der Waals surface area contributed by atoms with Crippen LogP contribution in [0.2, 0.25) is 0 Å². The number of halogens is 2. The van der Waals surface area contributed by atoms with Crippen LogP contribution >= 0.6 is 0 Å². The summed E-state index contributed by atoms with van der Waals surface area (Å²) in [5, 5.41) is 3.40. The summed E-state index contributed by atoms with van der Waals surface area (Å²) in [5.41, 5.74) is 1.10. The molecule has 0 bridgehead atoms. The minimum atomic E-state index is -2.38. The Labute approximate surface area is 113 Å². The average molecular weight is 268 g/mol. The standard InChI is InChI=1S/C15H22F2N2/c1-2-19(14-7-4-8-18-10-14)11-12-5-3-6-13(9-12)15(16)17/h3,5-6,9,14-15,18H,2,4,7-8,10-11H2,1H3. The second kappa shape index (κ2) is 6.96. The first-order valence-corrected chi connectivity index (χ1v) is 7.02. The highest BCUT2D eigenvalue weighted by Crippen LogP contribution is 2.21. The quantitative estimate of drug-likeness (QED) is 0.882. The smallest absolute Gasteiger partial charge is 0.263 e. The monoisotopic (exact) mass is 268 g/mol. The highest BCUT2D eigenvalue weighted by Gasteiger charge is 2.20. The second-order valence-corrected chi connectivity index (χ2v) is 5.11. The van der Waals surface area contributed by atoms with Crippen molar-refractivity contribution in [1.82, 2.24) is 10.2 Å². The van der Waals surface area contributed by atoms with E-state index in [1.165, 1.54) is 18.9 Å². The van der Waals surface area contributed by atoms with Gasteiger partial charge in [-0.1, -0.05) is 25.1 Å². The molecule has 0 aliphatic carbocycles. The van der Waals surface area contributed by atoms with E-state index in [1.54, 1.807) is 12.1 Å². The molecule has 19 heavy (non-hydrogen) atoms. The van der Waals surface area contributed by atoms with E-state index < -0.39 is 6.43 Å². The summed E-state index contributed by atoms with van der Waals surface area (Å²) in [6, 6.07) is 7.30. The number of nitrogens with one attached hydrogen (secondary N) is 1. The molecule has 1 aliphatic rings. The molecule has 4 heteroatoms. The van der Waals surface area contributed by atoms with Gasteiger partial charge in [0, 0.05) is 24.7 Å². The highest BCUT2D eigenvalue weighted by molar-refractivity contribution is 5.24. The zero-order valence-electron chi connectivity index (χ0n) is 11.4. The fourth-order valence-electron chi connectivity index (χ4n) is 2.71. The molecule has 0 saturated carbocycles. The largest absolute Gasteiger partial charge is 0.315 e. The molecule has 1 atom stereocenters. The average Bonchev–Trinajstić information content (AvgIpc) is 2.46. The van der Waals surface area contributed by atoms with Gasteiger partial charge in [-0.2, -0.15) is 0 Å². The van der Waals surface area contributed by atoms with Gasteiger partial charge in [0.2, 0.25) is 0 Å². The number of hydrogen-bond donors (Lipinski definition) is 1. The fraction of sp³-hybridized carbons (Fsp3) is 0.600. The zero-order chi connectivity index (χ0) is 13.7. The molecule has 1 aliphatic heterocycles. The maximum atomic E-state index is 12.7. The van der Waals surface area contributed by atoms with Crippen LogP contribution in [0.15, 0.2) is 24.3 Å². The molecule has 0 spiro atoms. The Hall–Kier alpha value is -1.00. The van der Waals surface area contributed by atoms with Gasteiger partial charge < -0.3 is 5.32 Å². The summed E-state index contributed by atoms with van der Waals surface area (Å²) in [5.74, 6) is 0. The molecule has 0 radical (unpaired) electrons. The maximum Gasteiger partial charge on any atom is 0.263 e. The molecule has 0 aromatic heterocycles. The third kappa shape index (κ3) is 3.98. The van der Waals surface area contributed by atoms with Crippen molar-refractivity contribution in [2.24, 2.45) is 0 Å². The third-order valence-electron chi connectivity index (χ3n) is 3.78. The minimum Gasteiger partial charge on any atom is -0.315 e. The Morgan fingerprint density at radius 3 is 2.89 bits per heavy atom. The number of nitrogens with zero attached hydrogens (tertiary/aromatic N) is 1. The van der Waals surface area contributed by atoms with Gasteiger partial charge in [0.1, 0.15) is 0 Å². The molecule has 1 saturated heterocycles. The molecule has 1 fully saturated rings. The third-order valence-corrected chi connectivity index (χ3v) is 3.78. The molecule has 1 N–H and O–H groups in total. The van der Waals surface area contributed by atoms with Gasteiger partial charge in [-0.15, -0.1) is 0 Å². The number of piperidine rings is 1. The van der Waals surface area contributed by atoms with Gasteiger partial charge in [-0.25, -0.2) is 8.78 Å². The fourth-order valence-corrected chi connectivity index (χ4v) is 2.71. The molecule has 1 unspecified atom stereocenters. The van der Waals surface area contributed by atoms with Crippen LogP contribution in [0.25, 0.3) is 0 Å². The number of alkyl halides is 2. The molecule has 1 aromatic carbocycles. The number of benzene rings is 1. The summed E-state index contributed by atoms with van der Waals surface area (Å²) in [7, 11) is 0. The Morgan fingerprint density at radius 2 is 2.26 bits per heavy atom. The molecule has 1 aromatic rings. The number of rotatable bonds is 5. The van der Waals surface area contributed by atoms with E-state index in [9.17, 15) is 8.78 Å². The van der Waals surface area contributed by atoms with Gasteiger partial charge in [0.05, 0.1) is 0 Å². The van der Waals surface area contributed by atoms with Crippen LogP contribution < -0.4 is 5.32 Å². The van der Waals surface area contributed by atoms with Crippen molar-refractivity contribution in [3.63, 3.8) is 0 Å². The second-order valence-electron chi connectivity index (χ2n) is 5.11. The first-order valence-electron chi connectivity index (χ1n) is 7.02. The molecule has 2 rings (SSSR count). The summed E-state index contributed by atoms with van der Waals surface area (Å²) >= 11 is 0. The maximum absolute atomic E-state index is 12.7. The molecule has 1 heterocycles. The summed E-state index contributed by atoms with van der Waals surface area (Å²) in [4.78, 5) is 2.37. The van der Waals surface area contributed by atoms with Crippen molar-refractivity contribution < 1.29 is 8.78 Å². The van der Waals surface area contributed by atoms with Gasteiger partial charge in [0.15, 0.2) is 0 Å². The lowest BCUT2D eigenvalue weighted by molar-refractivity contribution is 0.150. The lowest BCUT2D eigenvalue weighted by atomic mass is 10.0.